The van der Waals surface area contributed by atoms with E-state index in [0.29, 0.717) is 12.3 Å². The van der Waals surface area contributed by atoms with Crippen molar-refractivity contribution in [2.75, 3.05) is 0 Å². The van der Waals surface area contributed by atoms with Gasteiger partial charge in [0.15, 0.2) is 0 Å². The Kier molecular flexibility index (Phi) is 2.62. The molecule has 0 N–H and O–H groups in total. The van der Waals surface area contributed by atoms with Crippen LogP contribution in [0.4, 0.5) is 4.79 Å². The zero-order valence-corrected chi connectivity index (χ0v) is 13.2. The van der Waals surface area contributed by atoms with Crippen molar-refractivity contribution in [3.63, 3.8) is 0 Å². The van der Waals surface area contributed by atoms with Gasteiger partial charge in [0.1, 0.15) is 5.60 Å². The van der Waals surface area contributed by atoms with Crippen LogP contribution in [0, 0.1) is 17.3 Å². The normalized spacial score (nSPS) is 38.2. The largest absolute Gasteiger partial charge is 0.443 e. The van der Waals surface area contributed by atoms with E-state index in [4.69, 9.17) is 4.74 Å². The van der Waals surface area contributed by atoms with Gasteiger partial charge in [-0.2, -0.15) is 0 Å². The SMILES string of the molecule is CC(C)(C)OC(=O)N1C(=O)C[C@@]12CC[C@H]1C[C@@H]2C1(C)C. The summed E-state index contributed by atoms with van der Waals surface area (Å²) in [5, 5.41) is 0. The fourth-order valence-electron chi connectivity index (χ4n) is 4.66. The lowest BCUT2D eigenvalue weighted by Crippen LogP contribution is -2.76. The summed E-state index contributed by atoms with van der Waals surface area (Å²) in [6, 6.07) is 0. The number of rotatable bonds is 0. The third-order valence-electron chi connectivity index (χ3n) is 5.77. The van der Waals surface area contributed by atoms with E-state index >= 15 is 0 Å². The lowest BCUT2D eigenvalue weighted by Gasteiger charge is -2.70. The Bertz CT molecular complexity index is 475. The first kappa shape index (κ1) is 13.9. The predicted molar refractivity (Wildman–Crippen MR) is 75.0 cm³/mol. The Morgan fingerprint density at radius 3 is 2.45 bits per heavy atom. The standard InChI is InChI=1S/C16H25NO3/c1-14(2,3)20-13(19)17-12(18)9-16(17)7-6-10-8-11(16)15(10,4)5/h10-11H,6-9H2,1-5H3/t10-,11+,16+/m0/s1. The minimum Gasteiger partial charge on any atom is -0.443 e. The van der Waals surface area contributed by atoms with E-state index in [9.17, 15) is 9.59 Å². The summed E-state index contributed by atoms with van der Waals surface area (Å²) in [6.07, 6.45) is 3.30. The molecule has 2 bridgehead atoms. The average molecular weight is 279 g/mol. The van der Waals surface area contributed by atoms with Crippen molar-refractivity contribution in [3.8, 4) is 0 Å². The van der Waals surface area contributed by atoms with Crippen molar-refractivity contribution in [3.05, 3.63) is 0 Å². The lowest BCUT2D eigenvalue weighted by atomic mass is 9.41. The molecule has 3 aliphatic carbocycles. The number of likely N-dealkylation sites (tertiary alicyclic amines) is 1. The molecular formula is C16H25NO3. The summed E-state index contributed by atoms with van der Waals surface area (Å²) in [4.78, 5) is 25.9. The van der Waals surface area contributed by atoms with Crippen LogP contribution in [0.15, 0.2) is 0 Å². The lowest BCUT2D eigenvalue weighted by molar-refractivity contribution is -0.208. The molecule has 112 valence electrons. The molecule has 2 amide bonds. The molecule has 4 aliphatic rings. The van der Waals surface area contributed by atoms with Crippen LogP contribution in [0.3, 0.4) is 0 Å². The highest BCUT2D eigenvalue weighted by Gasteiger charge is 2.70. The first-order chi connectivity index (χ1) is 9.08. The highest BCUT2D eigenvalue weighted by Crippen LogP contribution is 2.67. The van der Waals surface area contributed by atoms with Gasteiger partial charge >= 0.3 is 6.09 Å². The van der Waals surface area contributed by atoms with Crippen molar-refractivity contribution < 1.29 is 14.3 Å². The summed E-state index contributed by atoms with van der Waals surface area (Å²) in [5.74, 6) is 1.13. The molecule has 4 rings (SSSR count). The number of ether oxygens (including phenoxy) is 1. The van der Waals surface area contributed by atoms with Crippen molar-refractivity contribution in [2.24, 2.45) is 17.3 Å². The summed E-state index contributed by atoms with van der Waals surface area (Å²) in [6.45, 7) is 10.1. The molecule has 4 nitrogen and oxygen atoms in total. The summed E-state index contributed by atoms with van der Waals surface area (Å²) < 4.78 is 5.44. The second-order valence-electron chi connectivity index (χ2n) is 8.34. The number of carbonyl (C=O) groups is 2. The van der Waals surface area contributed by atoms with Crippen LogP contribution in [0.25, 0.3) is 0 Å². The second-order valence-corrected chi connectivity index (χ2v) is 8.34. The van der Waals surface area contributed by atoms with Gasteiger partial charge < -0.3 is 4.74 Å². The Morgan fingerprint density at radius 2 is 2.00 bits per heavy atom. The number of amides is 2. The molecular weight excluding hydrogens is 254 g/mol. The molecule has 0 aromatic heterocycles. The van der Waals surface area contributed by atoms with E-state index in [1.54, 1.807) is 0 Å². The number of imide groups is 1. The molecule has 1 aliphatic heterocycles. The minimum absolute atomic E-state index is 0.0691. The van der Waals surface area contributed by atoms with Crippen LogP contribution in [-0.2, 0) is 9.53 Å². The maximum Gasteiger partial charge on any atom is 0.417 e. The Morgan fingerprint density at radius 1 is 1.35 bits per heavy atom. The fourth-order valence-corrected chi connectivity index (χ4v) is 4.66. The number of β-lactam (4-membered cyclic amide) rings is 1. The van der Waals surface area contributed by atoms with Crippen LogP contribution in [0.5, 0.6) is 0 Å². The topological polar surface area (TPSA) is 46.6 Å². The second kappa shape index (κ2) is 3.77. The van der Waals surface area contributed by atoms with Gasteiger partial charge in [0.2, 0.25) is 5.91 Å². The molecule has 3 saturated carbocycles. The third kappa shape index (κ3) is 1.66. The van der Waals surface area contributed by atoms with E-state index in [2.05, 4.69) is 13.8 Å². The highest BCUT2D eigenvalue weighted by atomic mass is 16.6. The van der Waals surface area contributed by atoms with E-state index in [1.165, 1.54) is 4.90 Å². The molecule has 0 unspecified atom stereocenters. The van der Waals surface area contributed by atoms with Gasteiger partial charge in [0, 0.05) is 0 Å². The number of nitrogens with zero attached hydrogens (tertiary/aromatic N) is 1. The molecule has 4 fully saturated rings. The van der Waals surface area contributed by atoms with Crippen LogP contribution in [0.1, 0.15) is 60.3 Å². The minimum atomic E-state index is -0.555. The molecule has 20 heavy (non-hydrogen) atoms. The zero-order chi connectivity index (χ0) is 14.9. The van der Waals surface area contributed by atoms with Crippen molar-refractivity contribution in [1.29, 1.82) is 0 Å². The number of hydrogen-bond donors (Lipinski definition) is 0. The number of fused-ring (bicyclic) bond motifs is 1. The van der Waals surface area contributed by atoms with Gasteiger partial charge in [-0.25, -0.2) is 9.69 Å². The summed E-state index contributed by atoms with van der Waals surface area (Å²) >= 11 is 0. The van der Waals surface area contributed by atoms with Crippen molar-refractivity contribution in [2.45, 2.75) is 71.4 Å². The van der Waals surface area contributed by atoms with Crippen LogP contribution < -0.4 is 0 Å². The summed E-state index contributed by atoms with van der Waals surface area (Å²) in [7, 11) is 0. The van der Waals surface area contributed by atoms with E-state index in [1.807, 2.05) is 20.8 Å². The molecule has 1 spiro atoms. The maximum atomic E-state index is 12.4. The van der Waals surface area contributed by atoms with E-state index < -0.39 is 11.7 Å². The van der Waals surface area contributed by atoms with Gasteiger partial charge in [-0.3, -0.25) is 4.79 Å². The van der Waals surface area contributed by atoms with Gasteiger partial charge in [-0.1, -0.05) is 13.8 Å². The van der Waals surface area contributed by atoms with Crippen LogP contribution >= 0.6 is 0 Å². The maximum absolute atomic E-state index is 12.4. The molecule has 4 heteroatoms. The molecule has 1 saturated heterocycles. The molecule has 3 atom stereocenters. The Hall–Kier alpha value is -1.06. The third-order valence-corrected chi connectivity index (χ3v) is 5.77. The van der Waals surface area contributed by atoms with Gasteiger partial charge in [-0.05, 0) is 57.3 Å². The van der Waals surface area contributed by atoms with Crippen LogP contribution in [0.2, 0.25) is 0 Å². The van der Waals surface area contributed by atoms with Crippen molar-refractivity contribution in [1.82, 2.24) is 4.90 Å². The van der Waals surface area contributed by atoms with E-state index in [-0.39, 0.29) is 16.9 Å². The van der Waals surface area contributed by atoms with Gasteiger partial charge in [0.05, 0.1) is 12.0 Å². The van der Waals surface area contributed by atoms with Crippen LogP contribution in [-0.4, -0.2) is 28.0 Å². The number of carbonyl (C=O) groups excluding carboxylic acids is 2. The molecule has 1 heterocycles. The highest BCUT2D eigenvalue weighted by molar-refractivity contribution is 5.99. The Balaban J connectivity index is 1.84. The Labute approximate surface area is 120 Å². The predicted octanol–water partition coefficient (Wildman–Crippen LogP) is 3.35. The zero-order valence-electron chi connectivity index (χ0n) is 13.2. The smallest absolute Gasteiger partial charge is 0.417 e. The molecule has 0 aromatic rings. The first-order valence-corrected chi connectivity index (χ1v) is 7.64. The van der Waals surface area contributed by atoms with Gasteiger partial charge in [0.25, 0.3) is 0 Å². The number of hydrogen-bond acceptors (Lipinski definition) is 3. The summed E-state index contributed by atoms with van der Waals surface area (Å²) in [5.41, 5.74) is -0.558. The van der Waals surface area contributed by atoms with E-state index in [0.717, 1.165) is 25.2 Å². The molecule has 0 aromatic carbocycles. The van der Waals surface area contributed by atoms with Gasteiger partial charge in [-0.15, -0.1) is 0 Å². The first-order valence-electron chi connectivity index (χ1n) is 7.64. The quantitative estimate of drug-likeness (QED) is 0.639. The fraction of sp³-hybridized carbons (Fsp3) is 0.875. The molecule has 0 radical (unpaired) electrons. The monoisotopic (exact) mass is 279 g/mol. The van der Waals surface area contributed by atoms with Crippen molar-refractivity contribution >= 4 is 12.0 Å². The average Bonchev–Trinajstić information content (AvgIpc) is 2.25.